The maximum absolute atomic E-state index is 10.5. The Labute approximate surface area is 54.4 Å². The summed E-state index contributed by atoms with van der Waals surface area (Å²) in [6.07, 6.45) is -0.345. The van der Waals surface area contributed by atoms with E-state index in [1.807, 2.05) is 0 Å². The number of rotatable bonds is 3. The first kappa shape index (κ1) is 8.80. The molecule has 0 heterocycles. The fourth-order valence-corrected chi connectivity index (χ4v) is 0.407. The molecular weight excluding hydrogens is 122 g/mol. The zero-order valence-corrected chi connectivity index (χ0v) is 5.89. The van der Waals surface area contributed by atoms with Crippen LogP contribution in [0.5, 0.6) is 0 Å². The molecule has 0 radical (unpaired) electrons. The van der Waals surface area contributed by atoms with Gasteiger partial charge in [-0.1, -0.05) is 0 Å². The second-order valence-corrected chi connectivity index (χ2v) is 2.03. The largest absolute Gasteiger partial charge is 0.633 e. The van der Waals surface area contributed by atoms with Gasteiger partial charge in [0.25, 0.3) is 0 Å². The van der Waals surface area contributed by atoms with Crippen molar-refractivity contribution in [2.75, 3.05) is 14.1 Å². The lowest BCUT2D eigenvalue weighted by molar-refractivity contribution is -0.947. The summed E-state index contributed by atoms with van der Waals surface area (Å²) in [6.45, 7) is 1.66. The third-order valence-corrected chi connectivity index (χ3v) is 1.03. The van der Waals surface area contributed by atoms with E-state index in [1.54, 1.807) is 6.92 Å². The van der Waals surface area contributed by atoms with Crippen molar-refractivity contribution in [3.63, 3.8) is 0 Å². The van der Waals surface area contributed by atoms with E-state index in [9.17, 15) is 10.4 Å². The third-order valence-electron chi connectivity index (χ3n) is 1.03. The van der Waals surface area contributed by atoms with Gasteiger partial charge in [0.2, 0.25) is 0 Å². The number of quaternary nitrogens is 2. The summed E-state index contributed by atoms with van der Waals surface area (Å²) >= 11 is 0. The number of hydroxylamine groups is 3. The average molecular weight is 135 g/mol. The van der Waals surface area contributed by atoms with Crippen LogP contribution >= 0.6 is 0 Å². The summed E-state index contributed by atoms with van der Waals surface area (Å²) in [4.78, 5) is 0. The summed E-state index contributed by atoms with van der Waals surface area (Å²) in [5.41, 5.74) is 2.45. The fourth-order valence-electron chi connectivity index (χ4n) is 0.407. The molecule has 2 unspecified atom stereocenters. The predicted molar refractivity (Wildman–Crippen MR) is 33.1 cm³/mol. The molecule has 0 amide bonds. The Bertz CT molecular complexity index is 76.2. The minimum atomic E-state index is -0.345. The van der Waals surface area contributed by atoms with Crippen molar-refractivity contribution >= 4 is 0 Å². The standard InChI is InChI=1S/C4H13N3O2/c1-4(6(2)8)5-7(3)9/h4-7H,1-3H3/t4-/m0/s1. The quantitative estimate of drug-likeness (QED) is 0.283. The Morgan fingerprint density at radius 3 is 1.89 bits per heavy atom. The molecule has 0 saturated carbocycles. The van der Waals surface area contributed by atoms with E-state index < -0.39 is 0 Å². The molecule has 3 atom stereocenters. The second-order valence-electron chi connectivity index (χ2n) is 2.03. The van der Waals surface area contributed by atoms with E-state index in [0.717, 1.165) is 0 Å². The summed E-state index contributed by atoms with van der Waals surface area (Å²) in [5.74, 6) is 0. The maximum atomic E-state index is 10.5. The molecule has 0 saturated heterocycles. The average Bonchev–Trinajstić information content (AvgIpc) is 1.63. The number of hydrogen-bond acceptors (Lipinski definition) is 3. The molecule has 0 fully saturated rings. The van der Waals surface area contributed by atoms with Crippen LogP contribution in [0.25, 0.3) is 0 Å². The molecular formula is C4H13N3O2. The summed E-state index contributed by atoms with van der Waals surface area (Å²) in [6, 6.07) is 0. The fraction of sp³-hybridized carbons (Fsp3) is 1.00. The van der Waals surface area contributed by atoms with E-state index in [4.69, 9.17) is 0 Å². The molecule has 0 aliphatic carbocycles. The highest BCUT2D eigenvalue weighted by Crippen LogP contribution is 1.53. The zero-order valence-electron chi connectivity index (χ0n) is 5.89. The second kappa shape index (κ2) is 3.76. The van der Waals surface area contributed by atoms with Crippen molar-refractivity contribution in [1.82, 2.24) is 5.43 Å². The van der Waals surface area contributed by atoms with Gasteiger partial charge in [-0.15, -0.1) is 5.43 Å². The van der Waals surface area contributed by atoms with Gasteiger partial charge in [-0.3, -0.25) is 5.17 Å². The van der Waals surface area contributed by atoms with Crippen LogP contribution in [0, 0.1) is 10.4 Å². The minimum Gasteiger partial charge on any atom is -0.633 e. The van der Waals surface area contributed by atoms with Crippen LogP contribution in [-0.2, 0) is 0 Å². The molecule has 5 nitrogen and oxygen atoms in total. The maximum Gasteiger partial charge on any atom is 0.180 e. The lowest BCUT2D eigenvalue weighted by atomic mass is 10.6. The molecule has 3 N–H and O–H groups in total. The molecule has 0 aliphatic rings. The van der Waals surface area contributed by atoms with Crippen molar-refractivity contribution in [3.05, 3.63) is 10.4 Å². The van der Waals surface area contributed by atoms with Crippen LogP contribution in [0.1, 0.15) is 6.92 Å². The Kier molecular flexibility index (Phi) is 3.67. The van der Waals surface area contributed by atoms with Crippen LogP contribution in [0.15, 0.2) is 0 Å². The van der Waals surface area contributed by atoms with E-state index >= 15 is 0 Å². The van der Waals surface area contributed by atoms with Gasteiger partial charge in [0.15, 0.2) is 6.17 Å². The minimum absolute atomic E-state index is 0.0230. The highest BCUT2D eigenvalue weighted by Gasteiger charge is 2.04. The van der Waals surface area contributed by atoms with Gasteiger partial charge in [0, 0.05) is 6.92 Å². The van der Waals surface area contributed by atoms with Crippen molar-refractivity contribution < 1.29 is 10.2 Å². The summed E-state index contributed by atoms with van der Waals surface area (Å²) in [7, 11) is 2.83. The van der Waals surface area contributed by atoms with Crippen molar-refractivity contribution in [3.8, 4) is 0 Å². The van der Waals surface area contributed by atoms with Crippen molar-refractivity contribution in [1.29, 1.82) is 0 Å². The SMILES string of the molecule is C[C@@H](N[NH+](C)[O-])[NH+](C)[O-]. The lowest BCUT2D eigenvalue weighted by Crippen LogP contribution is -3.21. The van der Waals surface area contributed by atoms with E-state index in [2.05, 4.69) is 5.43 Å². The van der Waals surface area contributed by atoms with Gasteiger partial charge < -0.3 is 15.5 Å². The number of hydrogen-bond donors (Lipinski definition) is 3. The predicted octanol–water partition coefficient (Wildman–Crippen LogP) is -3.14. The Hall–Kier alpha value is -0.200. The van der Waals surface area contributed by atoms with Gasteiger partial charge in [-0.05, 0) is 0 Å². The normalized spacial score (nSPS) is 21.0. The van der Waals surface area contributed by atoms with Crippen LogP contribution in [-0.4, -0.2) is 20.3 Å². The summed E-state index contributed by atoms with van der Waals surface area (Å²) < 4.78 is 0. The van der Waals surface area contributed by atoms with Gasteiger partial charge >= 0.3 is 0 Å². The molecule has 0 aromatic heterocycles. The molecule has 0 spiro atoms. The topological polar surface area (TPSA) is 67.0 Å². The Morgan fingerprint density at radius 1 is 1.33 bits per heavy atom. The Morgan fingerprint density at radius 2 is 1.78 bits per heavy atom. The highest BCUT2D eigenvalue weighted by molar-refractivity contribution is 4.28. The molecule has 0 bridgehead atoms. The van der Waals surface area contributed by atoms with E-state index in [1.165, 1.54) is 14.1 Å². The summed E-state index contributed by atoms with van der Waals surface area (Å²) in [5, 5.41) is 20.6. The van der Waals surface area contributed by atoms with Crippen molar-refractivity contribution in [2.24, 2.45) is 0 Å². The first-order valence-corrected chi connectivity index (χ1v) is 2.81. The van der Waals surface area contributed by atoms with Crippen molar-refractivity contribution in [2.45, 2.75) is 13.1 Å². The molecule has 0 aliphatic heterocycles. The molecule has 0 aromatic carbocycles. The molecule has 56 valence electrons. The Balaban J connectivity index is 3.38. The van der Waals surface area contributed by atoms with Gasteiger partial charge in [0.05, 0.1) is 14.1 Å². The van der Waals surface area contributed by atoms with E-state index in [-0.39, 0.29) is 16.4 Å². The smallest absolute Gasteiger partial charge is 0.180 e. The monoisotopic (exact) mass is 135 g/mol. The van der Waals surface area contributed by atoms with E-state index in [0.29, 0.717) is 0 Å². The first-order chi connectivity index (χ1) is 4.04. The van der Waals surface area contributed by atoms with Crippen LogP contribution < -0.4 is 15.7 Å². The van der Waals surface area contributed by atoms with Crippen LogP contribution in [0.2, 0.25) is 0 Å². The molecule has 9 heavy (non-hydrogen) atoms. The van der Waals surface area contributed by atoms with Crippen LogP contribution in [0.4, 0.5) is 0 Å². The van der Waals surface area contributed by atoms with Crippen LogP contribution in [0.3, 0.4) is 0 Å². The first-order valence-electron chi connectivity index (χ1n) is 2.81. The molecule has 0 aromatic rings. The highest BCUT2D eigenvalue weighted by atomic mass is 16.5. The lowest BCUT2D eigenvalue weighted by Gasteiger charge is -2.28. The van der Waals surface area contributed by atoms with Gasteiger partial charge in [-0.2, -0.15) is 0 Å². The molecule has 5 heteroatoms. The number of nitrogens with one attached hydrogen (secondary N) is 3. The molecule has 0 rings (SSSR count). The van der Waals surface area contributed by atoms with Gasteiger partial charge in [-0.25, -0.2) is 0 Å². The third kappa shape index (κ3) is 4.31. The zero-order chi connectivity index (χ0) is 7.44. The van der Waals surface area contributed by atoms with Gasteiger partial charge in [0.1, 0.15) is 0 Å².